The number of piperidine rings is 1. The topological polar surface area (TPSA) is 38.3 Å². The first-order valence-corrected chi connectivity index (χ1v) is 8.83. The summed E-state index contributed by atoms with van der Waals surface area (Å²) >= 11 is 7.31. The summed E-state index contributed by atoms with van der Waals surface area (Å²) in [5, 5.41) is 0.659. The molecule has 1 aromatic carbocycles. The predicted octanol–water partition coefficient (Wildman–Crippen LogP) is 3.04. The fourth-order valence-corrected chi connectivity index (χ4v) is 4.15. The summed E-state index contributed by atoms with van der Waals surface area (Å²) in [7, 11) is 0. The van der Waals surface area contributed by atoms with Gasteiger partial charge in [-0.05, 0) is 31.0 Å². The average molecular weight is 346 g/mol. The molecule has 2 aromatic rings. The van der Waals surface area contributed by atoms with Crippen LogP contribution in [0.5, 0.6) is 5.88 Å². The molecule has 4 nitrogen and oxygen atoms in total. The second-order valence-electron chi connectivity index (χ2n) is 5.94. The number of ether oxygens (including phenoxy) is 1. The molecule has 2 fully saturated rings. The Morgan fingerprint density at radius 2 is 2.22 bits per heavy atom. The van der Waals surface area contributed by atoms with Crippen molar-refractivity contribution >= 4 is 23.3 Å². The quantitative estimate of drug-likeness (QED) is 0.801. The number of rotatable bonds is 3. The molecule has 0 aliphatic carbocycles. The van der Waals surface area contributed by atoms with E-state index in [2.05, 4.69) is 25.5 Å². The van der Waals surface area contributed by atoms with E-state index < -0.39 is 0 Å². The molecule has 0 amide bonds. The van der Waals surface area contributed by atoms with Gasteiger partial charge in [-0.3, -0.25) is 0 Å². The van der Waals surface area contributed by atoms with E-state index in [0.29, 0.717) is 29.3 Å². The van der Waals surface area contributed by atoms with Gasteiger partial charge in [0.05, 0.1) is 16.8 Å². The number of benzene rings is 1. The Hall–Kier alpha value is -1.61. The summed E-state index contributed by atoms with van der Waals surface area (Å²) in [4.78, 5) is 2.50. The third kappa shape index (κ3) is 3.07. The van der Waals surface area contributed by atoms with Gasteiger partial charge in [0, 0.05) is 24.6 Å². The van der Waals surface area contributed by atoms with Crippen LogP contribution in [-0.4, -0.2) is 39.9 Å². The highest BCUT2D eigenvalue weighted by atomic mass is 35.5. The minimum atomic E-state index is 0.296. The summed E-state index contributed by atoms with van der Waals surface area (Å²) in [6.45, 7) is 3.79. The molecule has 3 unspecified atom stereocenters. The molecule has 1 aromatic heterocycles. The molecule has 4 rings (SSSR count). The molecule has 2 aliphatic rings. The zero-order valence-corrected chi connectivity index (χ0v) is 14.1. The lowest BCUT2D eigenvalue weighted by Gasteiger charge is -2.20. The predicted molar refractivity (Wildman–Crippen MR) is 91.0 cm³/mol. The maximum atomic E-state index is 6.08. The van der Waals surface area contributed by atoms with Gasteiger partial charge in [-0.1, -0.05) is 35.6 Å². The lowest BCUT2D eigenvalue weighted by atomic mass is 9.90. The van der Waals surface area contributed by atoms with Gasteiger partial charge < -0.3 is 9.64 Å². The highest BCUT2D eigenvalue weighted by Crippen LogP contribution is 2.41. The zero-order valence-electron chi connectivity index (χ0n) is 12.5. The fraction of sp³-hybridized carbons (Fsp3) is 0.412. The number of aromatic nitrogens is 2. The van der Waals surface area contributed by atoms with Gasteiger partial charge in [0.25, 0.3) is 0 Å². The van der Waals surface area contributed by atoms with Crippen LogP contribution < -0.4 is 4.74 Å². The van der Waals surface area contributed by atoms with Crippen LogP contribution in [0.3, 0.4) is 0 Å². The SMILES string of the molecule is Clc1ccccc1C#CCOc1nsnc1C1CN2CCC1C2. The molecule has 0 radical (unpaired) electrons. The van der Waals surface area contributed by atoms with Crippen molar-refractivity contribution in [1.29, 1.82) is 0 Å². The number of halogens is 1. The zero-order chi connectivity index (χ0) is 15.6. The molecule has 2 saturated heterocycles. The Kier molecular flexibility index (Phi) is 4.21. The van der Waals surface area contributed by atoms with Gasteiger partial charge in [-0.25, -0.2) is 0 Å². The van der Waals surface area contributed by atoms with Crippen LogP contribution in [-0.2, 0) is 0 Å². The smallest absolute Gasteiger partial charge is 0.250 e. The number of fused-ring (bicyclic) bond motifs is 2. The number of hydrogen-bond acceptors (Lipinski definition) is 5. The number of hydrogen-bond donors (Lipinski definition) is 0. The Labute approximate surface area is 144 Å². The van der Waals surface area contributed by atoms with Gasteiger partial charge in [-0.15, -0.1) is 4.37 Å². The summed E-state index contributed by atoms with van der Waals surface area (Å²) in [5.41, 5.74) is 1.83. The summed E-state index contributed by atoms with van der Waals surface area (Å²) in [6, 6.07) is 7.54. The third-order valence-electron chi connectivity index (χ3n) is 4.54. The molecule has 23 heavy (non-hydrogen) atoms. The molecule has 2 bridgehead atoms. The Morgan fingerprint density at radius 1 is 1.30 bits per heavy atom. The normalized spacial score (nSPS) is 25.2. The van der Waals surface area contributed by atoms with Gasteiger partial charge in [0.1, 0.15) is 5.69 Å². The van der Waals surface area contributed by atoms with Crippen LogP contribution >= 0.6 is 23.3 Å². The lowest BCUT2D eigenvalue weighted by Crippen LogP contribution is -2.22. The molecular formula is C17H16ClN3OS. The van der Waals surface area contributed by atoms with Crippen LogP contribution in [0.15, 0.2) is 24.3 Å². The van der Waals surface area contributed by atoms with E-state index in [-0.39, 0.29) is 0 Å². The third-order valence-corrected chi connectivity index (χ3v) is 5.40. The van der Waals surface area contributed by atoms with Gasteiger partial charge in [0.15, 0.2) is 6.61 Å². The summed E-state index contributed by atoms with van der Waals surface area (Å²) in [6.07, 6.45) is 1.26. The standard InChI is InChI=1S/C17H16ClN3OS/c18-15-6-2-1-4-12(15)5-3-9-22-17-16(19-23-20-17)14-11-21-8-7-13(14)10-21/h1-2,4,6,13-14H,7-11H2. The number of nitrogens with zero attached hydrogens (tertiary/aromatic N) is 3. The molecule has 0 spiro atoms. The van der Waals surface area contributed by atoms with Crippen LogP contribution in [0, 0.1) is 17.8 Å². The summed E-state index contributed by atoms with van der Waals surface area (Å²) in [5.74, 6) is 7.86. The molecule has 0 saturated carbocycles. The minimum Gasteiger partial charge on any atom is -0.463 e. The van der Waals surface area contributed by atoms with Crippen LogP contribution in [0.25, 0.3) is 0 Å². The monoisotopic (exact) mass is 345 g/mol. The first-order valence-electron chi connectivity index (χ1n) is 7.72. The van der Waals surface area contributed by atoms with Crippen molar-refractivity contribution in [3.63, 3.8) is 0 Å². The highest BCUT2D eigenvalue weighted by molar-refractivity contribution is 6.99. The van der Waals surface area contributed by atoms with E-state index >= 15 is 0 Å². The van der Waals surface area contributed by atoms with Crippen molar-refractivity contribution < 1.29 is 4.74 Å². The lowest BCUT2D eigenvalue weighted by molar-refractivity contribution is 0.323. The van der Waals surface area contributed by atoms with E-state index in [4.69, 9.17) is 16.3 Å². The Balaban J connectivity index is 1.41. The molecule has 3 atom stereocenters. The van der Waals surface area contributed by atoms with Gasteiger partial charge >= 0.3 is 0 Å². The minimum absolute atomic E-state index is 0.296. The van der Waals surface area contributed by atoms with Gasteiger partial charge in [0.2, 0.25) is 5.88 Å². The van der Waals surface area contributed by atoms with Crippen molar-refractivity contribution in [2.75, 3.05) is 26.2 Å². The van der Waals surface area contributed by atoms with Crippen molar-refractivity contribution in [3.8, 4) is 17.7 Å². The van der Waals surface area contributed by atoms with Crippen LogP contribution in [0.4, 0.5) is 0 Å². The maximum absolute atomic E-state index is 6.08. The Bertz CT molecular complexity index is 766. The van der Waals surface area contributed by atoms with Crippen LogP contribution in [0.2, 0.25) is 5.02 Å². The maximum Gasteiger partial charge on any atom is 0.250 e. The van der Waals surface area contributed by atoms with Crippen molar-refractivity contribution in [2.45, 2.75) is 12.3 Å². The molecule has 0 N–H and O–H groups in total. The molecule has 2 aliphatic heterocycles. The average Bonchev–Trinajstić information content (AvgIpc) is 3.29. The van der Waals surface area contributed by atoms with E-state index in [1.54, 1.807) is 0 Å². The van der Waals surface area contributed by atoms with E-state index in [1.807, 2.05) is 24.3 Å². The first-order chi connectivity index (χ1) is 11.3. The molecule has 6 heteroatoms. The highest BCUT2D eigenvalue weighted by Gasteiger charge is 2.41. The van der Waals surface area contributed by atoms with Crippen molar-refractivity contribution in [3.05, 3.63) is 40.5 Å². The molecule has 118 valence electrons. The fourth-order valence-electron chi connectivity index (χ4n) is 3.41. The Morgan fingerprint density at radius 3 is 3.00 bits per heavy atom. The van der Waals surface area contributed by atoms with Gasteiger partial charge in [-0.2, -0.15) is 4.37 Å². The summed E-state index contributed by atoms with van der Waals surface area (Å²) < 4.78 is 14.5. The van der Waals surface area contributed by atoms with E-state index in [1.165, 1.54) is 31.2 Å². The van der Waals surface area contributed by atoms with Crippen LogP contribution in [0.1, 0.15) is 23.6 Å². The van der Waals surface area contributed by atoms with E-state index in [9.17, 15) is 0 Å². The first kappa shape index (κ1) is 14.9. The van der Waals surface area contributed by atoms with Crippen molar-refractivity contribution in [1.82, 2.24) is 13.6 Å². The van der Waals surface area contributed by atoms with E-state index in [0.717, 1.165) is 17.8 Å². The largest absolute Gasteiger partial charge is 0.463 e. The molecule has 3 heterocycles. The second-order valence-corrected chi connectivity index (χ2v) is 6.88. The second kappa shape index (κ2) is 6.48. The van der Waals surface area contributed by atoms with Crippen molar-refractivity contribution in [2.24, 2.45) is 5.92 Å². The molecular weight excluding hydrogens is 330 g/mol.